The standard InChI is InChI=1S/C25H31BrCl2N2O3/c1-6-11-29-24(32)16(2)30(14-17-7-9-20(27)21(28)12-17)23(31)15-33-22-10-8-18(13-19(22)26)25(3,4)5/h7-10,12-13,16H,6,11,14-15H2,1-5H3,(H,29,32)/t16-/m1/s1. The van der Waals surface area contributed by atoms with Gasteiger partial charge in [0.25, 0.3) is 5.91 Å². The molecular weight excluding hydrogens is 527 g/mol. The minimum absolute atomic E-state index is 0.00515. The first-order chi connectivity index (χ1) is 15.4. The number of carbonyl (C=O) groups excluding carboxylic acids is 2. The summed E-state index contributed by atoms with van der Waals surface area (Å²) in [5.41, 5.74) is 1.91. The topological polar surface area (TPSA) is 58.6 Å². The van der Waals surface area contributed by atoms with Gasteiger partial charge in [-0.1, -0.05) is 63.0 Å². The molecule has 2 rings (SSSR count). The zero-order valence-corrected chi connectivity index (χ0v) is 22.8. The van der Waals surface area contributed by atoms with Gasteiger partial charge in [-0.05, 0) is 70.1 Å². The predicted molar refractivity (Wildman–Crippen MR) is 138 cm³/mol. The second-order valence-electron chi connectivity index (χ2n) is 8.92. The highest BCUT2D eigenvalue weighted by molar-refractivity contribution is 9.10. The molecular formula is C25H31BrCl2N2O3. The number of nitrogens with one attached hydrogen (secondary N) is 1. The Hall–Kier alpha value is -1.76. The van der Waals surface area contributed by atoms with Crippen LogP contribution in [0.5, 0.6) is 5.75 Å². The Labute approximate surface area is 214 Å². The molecule has 0 saturated heterocycles. The molecule has 0 bridgehead atoms. The highest BCUT2D eigenvalue weighted by Crippen LogP contribution is 2.31. The first-order valence-corrected chi connectivity index (χ1v) is 12.4. The Bertz CT molecular complexity index is 992. The van der Waals surface area contributed by atoms with Crippen LogP contribution in [0.1, 0.15) is 52.2 Å². The van der Waals surface area contributed by atoms with E-state index in [1.165, 1.54) is 4.90 Å². The van der Waals surface area contributed by atoms with Crippen molar-refractivity contribution in [1.29, 1.82) is 0 Å². The van der Waals surface area contributed by atoms with Gasteiger partial charge in [-0.25, -0.2) is 0 Å². The van der Waals surface area contributed by atoms with Gasteiger partial charge >= 0.3 is 0 Å². The van der Waals surface area contributed by atoms with Crippen molar-refractivity contribution in [2.45, 2.75) is 59.0 Å². The molecule has 0 saturated carbocycles. The maximum atomic E-state index is 13.2. The molecule has 0 aliphatic heterocycles. The van der Waals surface area contributed by atoms with Crippen LogP contribution in [0.4, 0.5) is 0 Å². The molecule has 8 heteroatoms. The highest BCUT2D eigenvalue weighted by Gasteiger charge is 2.27. The molecule has 0 unspecified atom stereocenters. The first-order valence-electron chi connectivity index (χ1n) is 10.9. The summed E-state index contributed by atoms with van der Waals surface area (Å²) >= 11 is 15.7. The third kappa shape index (κ3) is 7.90. The van der Waals surface area contributed by atoms with Crippen LogP contribution in [0, 0.1) is 0 Å². The van der Waals surface area contributed by atoms with Gasteiger partial charge in [0.2, 0.25) is 5.91 Å². The van der Waals surface area contributed by atoms with Crippen LogP contribution >= 0.6 is 39.1 Å². The van der Waals surface area contributed by atoms with Gasteiger partial charge in [-0.15, -0.1) is 0 Å². The van der Waals surface area contributed by atoms with Crippen molar-refractivity contribution in [2.75, 3.05) is 13.2 Å². The van der Waals surface area contributed by atoms with Gasteiger partial charge in [0.1, 0.15) is 11.8 Å². The minimum Gasteiger partial charge on any atom is -0.483 e. The van der Waals surface area contributed by atoms with Crippen LogP contribution in [0.3, 0.4) is 0 Å². The van der Waals surface area contributed by atoms with E-state index >= 15 is 0 Å². The fourth-order valence-electron chi connectivity index (χ4n) is 3.12. The quantitative estimate of drug-likeness (QED) is 0.389. The molecule has 0 spiro atoms. The largest absolute Gasteiger partial charge is 0.483 e. The number of hydrogen-bond acceptors (Lipinski definition) is 3. The Kier molecular flexibility index (Phi) is 10.1. The SMILES string of the molecule is CCCNC(=O)[C@@H](C)N(Cc1ccc(Cl)c(Cl)c1)C(=O)COc1ccc(C(C)(C)C)cc1Br. The van der Waals surface area contributed by atoms with Gasteiger partial charge in [0.15, 0.2) is 6.61 Å². The lowest BCUT2D eigenvalue weighted by Gasteiger charge is -2.29. The molecule has 0 fully saturated rings. The van der Waals surface area contributed by atoms with Crippen LogP contribution in [0.2, 0.25) is 10.0 Å². The molecule has 0 heterocycles. The van der Waals surface area contributed by atoms with E-state index < -0.39 is 6.04 Å². The van der Waals surface area contributed by atoms with E-state index in [2.05, 4.69) is 42.0 Å². The smallest absolute Gasteiger partial charge is 0.261 e. The van der Waals surface area contributed by atoms with Crippen LogP contribution < -0.4 is 10.1 Å². The van der Waals surface area contributed by atoms with E-state index in [-0.39, 0.29) is 30.4 Å². The second-order valence-corrected chi connectivity index (χ2v) is 10.6. The third-order valence-electron chi connectivity index (χ3n) is 5.20. The molecule has 1 atom stereocenters. The lowest BCUT2D eigenvalue weighted by atomic mass is 9.87. The summed E-state index contributed by atoms with van der Waals surface area (Å²) in [5, 5.41) is 3.67. The van der Waals surface area contributed by atoms with Crippen molar-refractivity contribution in [2.24, 2.45) is 0 Å². The lowest BCUT2D eigenvalue weighted by Crippen LogP contribution is -2.49. The van der Waals surface area contributed by atoms with Crippen LogP contribution in [-0.2, 0) is 21.5 Å². The van der Waals surface area contributed by atoms with Crippen molar-refractivity contribution in [3.63, 3.8) is 0 Å². The molecule has 2 aromatic rings. The molecule has 2 amide bonds. The first kappa shape index (κ1) is 27.5. The zero-order chi connectivity index (χ0) is 24.8. The lowest BCUT2D eigenvalue weighted by molar-refractivity contribution is -0.142. The number of ether oxygens (including phenoxy) is 1. The number of hydrogen-bond donors (Lipinski definition) is 1. The Morgan fingerprint density at radius 2 is 1.82 bits per heavy atom. The van der Waals surface area contributed by atoms with Crippen molar-refractivity contribution >= 4 is 50.9 Å². The molecule has 33 heavy (non-hydrogen) atoms. The van der Waals surface area contributed by atoms with Crippen LogP contribution in [0.15, 0.2) is 40.9 Å². The van der Waals surface area contributed by atoms with Gasteiger partial charge in [0.05, 0.1) is 14.5 Å². The number of benzene rings is 2. The van der Waals surface area contributed by atoms with Crippen molar-refractivity contribution in [3.05, 3.63) is 62.0 Å². The van der Waals surface area contributed by atoms with Gasteiger partial charge in [-0.3, -0.25) is 9.59 Å². The second kappa shape index (κ2) is 12.1. The zero-order valence-electron chi connectivity index (χ0n) is 19.7. The average molecular weight is 558 g/mol. The van der Waals surface area contributed by atoms with Gasteiger partial charge in [-0.2, -0.15) is 0 Å². The molecule has 1 N–H and O–H groups in total. The summed E-state index contributed by atoms with van der Waals surface area (Å²) in [4.78, 5) is 27.3. The predicted octanol–water partition coefficient (Wildman–Crippen LogP) is 6.38. The van der Waals surface area contributed by atoms with Crippen molar-refractivity contribution < 1.29 is 14.3 Å². The summed E-state index contributed by atoms with van der Waals surface area (Å²) in [6.45, 7) is 10.6. The maximum Gasteiger partial charge on any atom is 0.261 e. The third-order valence-corrected chi connectivity index (χ3v) is 6.56. The molecule has 2 aromatic carbocycles. The van der Waals surface area contributed by atoms with Crippen molar-refractivity contribution in [1.82, 2.24) is 10.2 Å². The molecule has 0 aliphatic rings. The number of amides is 2. The molecule has 5 nitrogen and oxygen atoms in total. The Morgan fingerprint density at radius 1 is 1.12 bits per heavy atom. The van der Waals surface area contributed by atoms with E-state index in [1.54, 1.807) is 25.1 Å². The van der Waals surface area contributed by atoms with E-state index in [9.17, 15) is 9.59 Å². The van der Waals surface area contributed by atoms with Gasteiger partial charge in [0, 0.05) is 13.1 Å². The highest BCUT2D eigenvalue weighted by atomic mass is 79.9. The van der Waals surface area contributed by atoms with E-state index in [1.807, 2.05) is 25.1 Å². The summed E-state index contributed by atoms with van der Waals surface area (Å²) in [7, 11) is 0. The summed E-state index contributed by atoms with van der Waals surface area (Å²) in [6.07, 6.45) is 0.806. The fourth-order valence-corrected chi connectivity index (χ4v) is 3.93. The van der Waals surface area contributed by atoms with E-state index in [0.29, 0.717) is 22.3 Å². The fraction of sp³-hybridized carbons (Fsp3) is 0.440. The maximum absolute atomic E-state index is 13.2. The van der Waals surface area contributed by atoms with Crippen LogP contribution in [0.25, 0.3) is 0 Å². The van der Waals surface area contributed by atoms with Gasteiger partial charge < -0.3 is 15.0 Å². The normalized spacial score (nSPS) is 12.2. The summed E-state index contributed by atoms with van der Waals surface area (Å²) in [5.74, 6) is 0.0296. The Balaban J connectivity index is 2.20. The molecule has 0 radical (unpaired) electrons. The number of rotatable bonds is 9. The number of nitrogens with zero attached hydrogens (tertiary/aromatic N) is 1. The van der Waals surface area contributed by atoms with Crippen molar-refractivity contribution in [3.8, 4) is 5.75 Å². The molecule has 180 valence electrons. The molecule has 0 aliphatic carbocycles. The summed E-state index contributed by atoms with van der Waals surface area (Å²) in [6, 6.07) is 10.3. The monoisotopic (exact) mass is 556 g/mol. The Morgan fingerprint density at radius 3 is 2.39 bits per heavy atom. The van der Waals surface area contributed by atoms with E-state index in [0.717, 1.165) is 22.0 Å². The minimum atomic E-state index is -0.686. The van der Waals surface area contributed by atoms with Crippen LogP contribution in [-0.4, -0.2) is 35.9 Å². The van der Waals surface area contributed by atoms with E-state index in [4.69, 9.17) is 27.9 Å². The average Bonchev–Trinajstić information content (AvgIpc) is 2.75. The number of halogens is 3. The molecule has 0 aromatic heterocycles. The summed E-state index contributed by atoms with van der Waals surface area (Å²) < 4.78 is 6.59. The number of carbonyl (C=O) groups is 2.